The molecule has 0 radical (unpaired) electrons. The smallest absolute Gasteiger partial charge is 0.317 e. The Hall–Kier alpha value is -1.26. The summed E-state index contributed by atoms with van der Waals surface area (Å²) in [7, 11) is 1.77. The summed E-state index contributed by atoms with van der Waals surface area (Å²) < 4.78 is 0. The van der Waals surface area contributed by atoms with E-state index in [9.17, 15) is 14.7 Å². The fourth-order valence-electron chi connectivity index (χ4n) is 2.72. The van der Waals surface area contributed by atoms with Crippen molar-refractivity contribution in [2.45, 2.75) is 58.4 Å². The molecule has 20 heavy (non-hydrogen) atoms. The molecule has 0 spiro atoms. The molecule has 1 aliphatic rings. The maximum atomic E-state index is 12.2. The van der Waals surface area contributed by atoms with Crippen LogP contribution in [0.2, 0.25) is 0 Å². The molecule has 0 aromatic rings. The lowest BCUT2D eigenvalue weighted by molar-refractivity contribution is -0.142. The first-order valence-corrected chi connectivity index (χ1v) is 7.70. The van der Waals surface area contributed by atoms with Crippen molar-refractivity contribution in [1.29, 1.82) is 0 Å². The number of urea groups is 1. The van der Waals surface area contributed by atoms with Crippen molar-refractivity contribution in [2.24, 2.45) is 11.8 Å². The van der Waals surface area contributed by atoms with Gasteiger partial charge in [-0.25, -0.2) is 4.79 Å². The Morgan fingerprint density at radius 3 is 2.55 bits per heavy atom. The Balaban J connectivity index is 2.58. The molecular formula is C15H28N2O3. The van der Waals surface area contributed by atoms with Crippen molar-refractivity contribution in [3.8, 4) is 0 Å². The van der Waals surface area contributed by atoms with Gasteiger partial charge in [-0.3, -0.25) is 4.79 Å². The van der Waals surface area contributed by atoms with Crippen LogP contribution in [0.25, 0.3) is 0 Å². The molecule has 3 atom stereocenters. The van der Waals surface area contributed by atoms with E-state index in [1.807, 2.05) is 0 Å². The number of nitrogens with one attached hydrogen (secondary N) is 1. The van der Waals surface area contributed by atoms with Crippen molar-refractivity contribution in [3.05, 3.63) is 0 Å². The fourth-order valence-corrected chi connectivity index (χ4v) is 2.72. The first kappa shape index (κ1) is 16.8. The zero-order chi connectivity index (χ0) is 15.1. The van der Waals surface area contributed by atoms with Crippen LogP contribution in [-0.4, -0.2) is 41.6 Å². The lowest BCUT2D eigenvalue weighted by Gasteiger charge is -2.27. The summed E-state index contributed by atoms with van der Waals surface area (Å²) in [6, 6.07) is -0.384. The Bertz CT molecular complexity index is 333. The van der Waals surface area contributed by atoms with E-state index < -0.39 is 11.9 Å². The van der Waals surface area contributed by atoms with Gasteiger partial charge in [-0.1, -0.05) is 39.5 Å². The van der Waals surface area contributed by atoms with Gasteiger partial charge in [0.2, 0.25) is 0 Å². The molecule has 1 aliphatic carbocycles. The third-order valence-electron chi connectivity index (χ3n) is 4.27. The highest BCUT2D eigenvalue weighted by molar-refractivity contribution is 5.76. The van der Waals surface area contributed by atoms with Gasteiger partial charge in [0.25, 0.3) is 0 Å². The Labute approximate surface area is 121 Å². The first-order valence-electron chi connectivity index (χ1n) is 7.70. The number of carbonyl (C=O) groups excluding carboxylic acids is 1. The van der Waals surface area contributed by atoms with Crippen molar-refractivity contribution in [2.75, 3.05) is 13.6 Å². The molecule has 1 rings (SSSR count). The molecule has 2 N–H and O–H groups in total. The minimum atomic E-state index is -0.790. The Morgan fingerprint density at radius 1 is 1.30 bits per heavy atom. The van der Waals surface area contributed by atoms with E-state index in [-0.39, 0.29) is 12.1 Å². The van der Waals surface area contributed by atoms with Gasteiger partial charge >= 0.3 is 12.0 Å². The molecule has 2 amide bonds. The highest BCUT2D eigenvalue weighted by atomic mass is 16.4. The van der Waals surface area contributed by atoms with E-state index in [0.29, 0.717) is 18.9 Å². The number of carboxylic acid groups (broad SMARTS) is 1. The van der Waals surface area contributed by atoms with Gasteiger partial charge in [0.15, 0.2) is 0 Å². The monoisotopic (exact) mass is 284 g/mol. The predicted octanol–water partition coefficient (Wildman–Crippen LogP) is 2.71. The number of carbonyl (C=O) groups is 2. The molecule has 0 saturated heterocycles. The number of aliphatic carboxylic acids is 1. The van der Waals surface area contributed by atoms with Gasteiger partial charge in [0.05, 0.1) is 5.92 Å². The predicted molar refractivity (Wildman–Crippen MR) is 78.6 cm³/mol. The lowest BCUT2D eigenvalue weighted by atomic mass is 9.95. The first-order chi connectivity index (χ1) is 9.45. The summed E-state index contributed by atoms with van der Waals surface area (Å²) >= 11 is 0. The van der Waals surface area contributed by atoms with E-state index >= 15 is 0 Å². The molecule has 5 heteroatoms. The van der Waals surface area contributed by atoms with Crippen LogP contribution in [0.15, 0.2) is 0 Å². The van der Waals surface area contributed by atoms with Crippen molar-refractivity contribution in [1.82, 2.24) is 10.2 Å². The molecule has 0 aromatic heterocycles. The van der Waals surface area contributed by atoms with Gasteiger partial charge in [0.1, 0.15) is 0 Å². The molecule has 5 nitrogen and oxygen atoms in total. The zero-order valence-electron chi connectivity index (χ0n) is 12.9. The minimum absolute atomic E-state index is 0.150. The van der Waals surface area contributed by atoms with E-state index in [2.05, 4.69) is 19.2 Å². The third kappa shape index (κ3) is 5.02. The van der Waals surface area contributed by atoms with Gasteiger partial charge in [0, 0.05) is 19.6 Å². The van der Waals surface area contributed by atoms with Gasteiger partial charge in [-0.15, -0.1) is 0 Å². The van der Waals surface area contributed by atoms with Crippen LogP contribution in [0.1, 0.15) is 52.4 Å². The highest BCUT2D eigenvalue weighted by Gasteiger charge is 2.31. The van der Waals surface area contributed by atoms with E-state index in [1.165, 1.54) is 0 Å². The highest BCUT2D eigenvalue weighted by Crippen LogP contribution is 2.24. The van der Waals surface area contributed by atoms with Gasteiger partial charge in [-0.05, 0) is 18.8 Å². The number of rotatable bonds is 5. The van der Waals surface area contributed by atoms with Crippen molar-refractivity contribution in [3.63, 3.8) is 0 Å². The summed E-state index contributed by atoms with van der Waals surface area (Å²) in [4.78, 5) is 25.2. The minimum Gasteiger partial charge on any atom is -0.481 e. The quantitative estimate of drug-likeness (QED) is 0.763. The van der Waals surface area contributed by atoms with Crippen LogP contribution in [0.5, 0.6) is 0 Å². The summed E-state index contributed by atoms with van der Waals surface area (Å²) in [6.45, 7) is 4.91. The maximum absolute atomic E-state index is 12.2. The number of hydrogen-bond donors (Lipinski definition) is 2. The Kier molecular flexibility index (Phi) is 6.82. The summed E-state index contributed by atoms with van der Waals surface area (Å²) in [5.74, 6) is -0.782. The van der Waals surface area contributed by atoms with Crippen LogP contribution < -0.4 is 5.32 Å². The van der Waals surface area contributed by atoms with Crippen LogP contribution in [-0.2, 0) is 4.79 Å². The molecule has 1 fully saturated rings. The number of carboxylic acids is 1. The number of hydrogen-bond acceptors (Lipinski definition) is 2. The average molecular weight is 284 g/mol. The fraction of sp³-hybridized carbons (Fsp3) is 0.867. The van der Waals surface area contributed by atoms with E-state index in [1.54, 1.807) is 11.9 Å². The van der Waals surface area contributed by atoms with Gasteiger partial charge < -0.3 is 15.3 Å². The van der Waals surface area contributed by atoms with Crippen LogP contribution in [0, 0.1) is 11.8 Å². The molecule has 3 unspecified atom stereocenters. The molecule has 0 aliphatic heterocycles. The second kappa shape index (κ2) is 8.12. The SMILES string of the molecule is CCC(C)CN(C)C(=O)NC1CCCCCC1C(=O)O. The number of amides is 2. The van der Waals surface area contributed by atoms with Crippen molar-refractivity contribution >= 4 is 12.0 Å². The normalized spacial score (nSPS) is 24.6. The van der Waals surface area contributed by atoms with E-state index in [4.69, 9.17) is 0 Å². The zero-order valence-corrected chi connectivity index (χ0v) is 12.9. The van der Waals surface area contributed by atoms with E-state index in [0.717, 1.165) is 32.1 Å². The molecule has 0 bridgehead atoms. The second-order valence-electron chi connectivity index (χ2n) is 6.03. The topological polar surface area (TPSA) is 69.6 Å². The number of nitrogens with zero attached hydrogens (tertiary/aromatic N) is 1. The van der Waals surface area contributed by atoms with Crippen LogP contribution >= 0.6 is 0 Å². The van der Waals surface area contributed by atoms with Crippen LogP contribution in [0.4, 0.5) is 4.79 Å². The summed E-state index contributed by atoms with van der Waals surface area (Å²) in [6.07, 6.45) is 5.43. The van der Waals surface area contributed by atoms with Crippen LogP contribution in [0.3, 0.4) is 0 Å². The maximum Gasteiger partial charge on any atom is 0.317 e. The third-order valence-corrected chi connectivity index (χ3v) is 4.27. The molecule has 0 heterocycles. The Morgan fingerprint density at radius 2 is 1.95 bits per heavy atom. The molecule has 0 aromatic carbocycles. The average Bonchev–Trinajstić information content (AvgIpc) is 2.63. The largest absolute Gasteiger partial charge is 0.481 e. The molecular weight excluding hydrogens is 256 g/mol. The molecule has 1 saturated carbocycles. The lowest BCUT2D eigenvalue weighted by Crippen LogP contribution is -2.48. The van der Waals surface area contributed by atoms with Gasteiger partial charge in [-0.2, -0.15) is 0 Å². The summed E-state index contributed by atoms with van der Waals surface area (Å²) in [5.41, 5.74) is 0. The molecule has 116 valence electrons. The summed E-state index contributed by atoms with van der Waals surface area (Å²) in [5, 5.41) is 12.2. The second-order valence-corrected chi connectivity index (χ2v) is 6.03. The standard InChI is InChI=1S/C15H28N2O3/c1-4-11(2)10-17(3)15(20)16-13-9-7-5-6-8-12(13)14(18)19/h11-13H,4-10H2,1-3H3,(H,16,20)(H,18,19). The van der Waals surface area contributed by atoms with Crippen molar-refractivity contribution < 1.29 is 14.7 Å².